The first-order chi connectivity index (χ1) is 54.5. The first-order valence-corrected chi connectivity index (χ1v) is 46.2. The van der Waals surface area contributed by atoms with Gasteiger partial charge in [-0.25, -0.2) is 14.4 Å². The van der Waals surface area contributed by atoms with Crippen LogP contribution < -0.4 is 0 Å². The van der Waals surface area contributed by atoms with Gasteiger partial charge in [0.25, 0.3) is 10.1 Å². The van der Waals surface area contributed by atoms with Crippen LogP contribution >= 0.6 is 0 Å². The number of carbonyl (C=O) groups excluding carboxylic acids is 10. The van der Waals surface area contributed by atoms with Crippen LogP contribution in [0.5, 0.6) is 0 Å². The number of fused-ring (bicyclic) bond motifs is 2. The highest BCUT2D eigenvalue weighted by molar-refractivity contribution is 7.87. The minimum atomic E-state index is -3.54. The van der Waals surface area contributed by atoms with Crippen LogP contribution in [-0.4, -0.2) is 158 Å². The van der Waals surface area contributed by atoms with Crippen molar-refractivity contribution in [3.8, 4) is 0 Å². The third kappa shape index (κ3) is 21.5. The summed E-state index contributed by atoms with van der Waals surface area (Å²) < 4.78 is 87.8. The van der Waals surface area contributed by atoms with E-state index in [1.54, 1.807) is 41.5 Å². The largest absolute Gasteiger partial charge is 0.508 e. The van der Waals surface area contributed by atoms with Crippen molar-refractivity contribution in [1.29, 1.82) is 0 Å². The molecule has 16 aliphatic rings. The standard InChI is InChI=1S/C19H32O2.C16H24O8S.C16H22O6.C16H26O3.C14H26O2.C10H16O4/c1-6-18(4,5)17(20)21-19(12(2)3)15-8-13-7-14(10-15)11-16(19)9-13;1-4-16(2,3)14(17)21-5-6-22-15(18)23-12-9-7-10-11(8-9)25(19,20)24-13(10)12;1-4-16(2,3)15(19)20-7-11(17)21-12-8-5-9-10(6-8)14(18)22-13(9)12;1-4-14(2,3)13(17)19-16-8-11-5-12(9-16)7-15(18,6-11)10-16;1-5-13(3,4)12(15)16-14(6-2)10-8-7-9-11-14;1-4-10(2,3)9(12)14-7-5-6-13-8(7)11/h12-16H,6-11H2,1-5H3;9-13H,4-8H2,1-3H3;8-10,12-13H,4-7H2,1-3H3;11-12,18H,4-10H2,1-3H3;5-11H2,1-4H3;7H,4-6H2,1-3H3. The van der Waals surface area contributed by atoms with Gasteiger partial charge >= 0.3 is 59.9 Å². The van der Waals surface area contributed by atoms with Crippen LogP contribution in [0.2, 0.25) is 0 Å². The minimum absolute atomic E-state index is 0.00636. The van der Waals surface area contributed by atoms with Gasteiger partial charge < -0.3 is 57.2 Å². The number of rotatable bonds is 25. The fourth-order valence-corrected chi connectivity index (χ4v) is 22.9. The molecular weight excluding hydrogens is 1530 g/mol. The molecule has 13 aliphatic carbocycles. The van der Waals surface area contributed by atoms with Crippen molar-refractivity contribution in [2.45, 2.75) is 383 Å². The second kappa shape index (κ2) is 37.2. The van der Waals surface area contributed by atoms with Crippen LogP contribution in [0.25, 0.3) is 0 Å². The molecule has 0 amide bonds. The van der Waals surface area contributed by atoms with Gasteiger partial charge in [-0.2, -0.15) is 8.42 Å². The fraction of sp³-hybridized carbons (Fsp3) is 0.890. The van der Waals surface area contributed by atoms with E-state index in [-0.39, 0.29) is 125 Å². The highest BCUT2D eigenvalue weighted by Gasteiger charge is 2.67. The normalized spacial score (nSPS) is 34.2. The van der Waals surface area contributed by atoms with Crippen molar-refractivity contribution in [3.63, 3.8) is 0 Å². The lowest BCUT2D eigenvalue weighted by molar-refractivity contribution is -0.231. The molecule has 3 aliphatic heterocycles. The Bertz CT molecular complexity index is 3610. The molecule has 25 nitrogen and oxygen atoms in total. The van der Waals surface area contributed by atoms with Crippen molar-refractivity contribution in [2.75, 3.05) is 26.4 Å². The second-order valence-electron chi connectivity index (χ2n) is 41.5. The van der Waals surface area contributed by atoms with Crippen LogP contribution in [0.4, 0.5) is 4.79 Å². The smallest absolute Gasteiger partial charge is 0.463 e. The minimum Gasteiger partial charge on any atom is -0.463 e. The second-order valence-corrected chi connectivity index (χ2v) is 43.2. The number of cyclic esters (lactones) is 1. The predicted molar refractivity (Wildman–Crippen MR) is 433 cm³/mol. The highest BCUT2D eigenvalue weighted by atomic mass is 32.2. The zero-order valence-corrected chi connectivity index (χ0v) is 75.5. The molecule has 13 atom stereocenters. The van der Waals surface area contributed by atoms with Gasteiger partial charge in [0.1, 0.15) is 54.4 Å². The van der Waals surface area contributed by atoms with E-state index >= 15 is 0 Å². The Labute approximate surface area is 697 Å². The molecule has 13 unspecified atom stereocenters. The summed E-state index contributed by atoms with van der Waals surface area (Å²) in [5, 5.41) is 10.2. The molecule has 0 spiro atoms. The van der Waals surface area contributed by atoms with E-state index in [1.807, 2.05) is 76.2 Å². The third-order valence-electron chi connectivity index (χ3n) is 30.5. The summed E-state index contributed by atoms with van der Waals surface area (Å²) in [6.07, 6.45) is 23.3. The van der Waals surface area contributed by atoms with E-state index in [0.717, 1.165) is 88.9 Å². The molecule has 0 aromatic carbocycles. The molecule has 16 rings (SSSR count). The summed E-state index contributed by atoms with van der Waals surface area (Å²) in [6, 6.07) is 0. The molecule has 13 saturated carbocycles. The molecule has 0 aromatic heterocycles. The van der Waals surface area contributed by atoms with Crippen LogP contribution in [0.15, 0.2) is 0 Å². The third-order valence-corrected chi connectivity index (χ3v) is 32.3. The van der Waals surface area contributed by atoms with Crippen LogP contribution in [0, 0.1) is 104 Å². The lowest BCUT2D eigenvalue weighted by Crippen LogP contribution is -2.63. The van der Waals surface area contributed by atoms with E-state index in [1.165, 1.54) is 57.8 Å². The first kappa shape index (κ1) is 95.2. The Hall–Kier alpha value is -5.63. The number of carbonyl (C=O) groups is 10. The van der Waals surface area contributed by atoms with Gasteiger partial charge in [-0.05, 0) is 285 Å². The number of aliphatic hydroxyl groups is 1. The van der Waals surface area contributed by atoms with Crippen LogP contribution in [-0.2, 0) is 110 Å². The zero-order valence-electron chi connectivity index (χ0n) is 74.7. The summed E-state index contributed by atoms with van der Waals surface area (Å²) >= 11 is 0. The quantitative estimate of drug-likeness (QED) is 0.0384. The van der Waals surface area contributed by atoms with E-state index < -0.39 is 85.0 Å². The lowest BCUT2D eigenvalue weighted by Gasteiger charge is -2.62. The van der Waals surface area contributed by atoms with E-state index in [0.29, 0.717) is 81.1 Å². The number of ether oxygens (including phenoxy) is 11. The Balaban J connectivity index is 0.000000162. The molecule has 3 saturated heterocycles. The average molecular weight is 1670 g/mol. The van der Waals surface area contributed by atoms with Crippen molar-refractivity contribution in [2.24, 2.45) is 104 Å². The van der Waals surface area contributed by atoms with Crippen molar-refractivity contribution < 1.29 is 118 Å². The molecule has 12 bridgehead atoms. The van der Waals surface area contributed by atoms with Gasteiger partial charge in [-0.15, -0.1) is 0 Å². The Morgan fingerprint density at radius 2 is 0.966 bits per heavy atom. The molecule has 26 heteroatoms. The van der Waals surface area contributed by atoms with Crippen molar-refractivity contribution >= 4 is 70.0 Å². The number of hydrogen-bond acceptors (Lipinski definition) is 25. The Kier molecular flexibility index (Phi) is 30.3. The van der Waals surface area contributed by atoms with Crippen molar-refractivity contribution in [1.82, 2.24) is 0 Å². The average Bonchev–Trinajstić information content (AvgIpc) is 1.67. The van der Waals surface area contributed by atoms with Crippen molar-refractivity contribution in [3.05, 3.63) is 0 Å². The van der Waals surface area contributed by atoms with Crippen LogP contribution in [0.3, 0.4) is 0 Å². The van der Waals surface area contributed by atoms with E-state index in [4.69, 9.17) is 56.3 Å². The molecular formula is C91H146O25S. The summed E-state index contributed by atoms with van der Waals surface area (Å²) in [7, 11) is -3.54. The molecule has 117 heavy (non-hydrogen) atoms. The monoisotopic (exact) mass is 1670 g/mol. The van der Waals surface area contributed by atoms with Gasteiger partial charge in [0.2, 0.25) is 6.10 Å². The lowest BCUT2D eigenvalue weighted by atomic mass is 9.47. The Morgan fingerprint density at radius 3 is 1.47 bits per heavy atom. The summed E-state index contributed by atoms with van der Waals surface area (Å²) in [4.78, 5) is 119. The summed E-state index contributed by atoms with van der Waals surface area (Å²) in [5.74, 6) is 2.58. The predicted octanol–water partition coefficient (Wildman–Crippen LogP) is 16.3. The fourth-order valence-electron chi connectivity index (χ4n) is 21.0. The van der Waals surface area contributed by atoms with Gasteiger partial charge in [-0.1, -0.05) is 68.7 Å². The van der Waals surface area contributed by atoms with E-state index in [2.05, 4.69) is 27.7 Å². The molecule has 1 N–H and O–H groups in total. The molecule has 666 valence electrons. The molecule has 3 heterocycles. The van der Waals surface area contributed by atoms with Crippen LogP contribution in [0.1, 0.15) is 325 Å². The zero-order chi connectivity index (χ0) is 86.8. The number of hydrogen-bond donors (Lipinski definition) is 1. The highest BCUT2D eigenvalue weighted by Crippen LogP contribution is 2.64. The molecule has 0 aromatic rings. The topological polar surface area (TPSA) is 336 Å². The molecule has 0 radical (unpaired) electrons. The SMILES string of the molecule is CCC(C)(C)C(=O)OC1(C(C)C)C2CC3CC(C2)CC1C3.CCC(C)(C)C(=O)OC12CC3CC(CC(O)(C3)C1)C2.CCC(C)(C)C(=O)OC1CCOC1=O.CCC(C)(C)C(=O)OCC(=O)OC1C2CC3C(=O)OC1C3C2.CCC(C)(C)C(=O)OCCOC(=O)OC1C2CC3C1OS(=O)(=O)C3C2.CCC1(OC(=O)C(C)(C)CC)CCCCC1. The summed E-state index contributed by atoms with van der Waals surface area (Å²) in [5.41, 5.74) is -4.04. The Morgan fingerprint density at radius 1 is 0.496 bits per heavy atom. The van der Waals surface area contributed by atoms with Gasteiger partial charge in [0, 0.05) is 36.5 Å². The molecule has 16 fully saturated rings. The maximum absolute atomic E-state index is 12.8. The number of esters is 9. The maximum Gasteiger partial charge on any atom is 0.508 e. The summed E-state index contributed by atoms with van der Waals surface area (Å²) in [6.45, 7) is 40.9. The van der Waals surface area contributed by atoms with E-state index in [9.17, 15) is 61.5 Å². The van der Waals surface area contributed by atoms with Gasteiger partial charge in [-0.3, -0.25) is 37.7 Å². The maximum atomic E-state index is 12.8. The van der Waals surface area contributed by atoms with Gasteiger partial charge in [0.15, 0.2) is 6.61 Å². The first-order valence-electron chi connectivity index (χ1n) is 44.8. The van der Waals surface area contributed by atoms with Gasteiger partial charge in [0.05, 0.1) is 55.9 Å².